The van der Waals surface area contributed by atoms with Crippen molar-refractivity contribution >= 4 is 24.8 Å². The van der Waals surface area contributed by atoms with Crippen molar-refractivity contribution in [2.45, 2.75) is 38.4 Å². The Morgan fingerprint density at radius 1 is 1.25 bits per heavy atom. The lowest BCUT2D eigenvalue weighted by atomic mass is 9.95. The molecule has 0 aliphatic carbocycles. The van der Waals surface area contributed by atoms with Gasteiger partial charge in [0.05, 0.1) is 0 Å². The fourth-order valence-corrected chi connectivity index (χ4v) is 2.75. The minimum Gasteiger partial charge on any atom is -0.314 e. The third-order valence-corrected chi connectivity index (χ3v) is 3.53. The van der Waals surface area contributed by atoms with E-state index in [1.165, 1.54) is 12.8 Å². The van der Waals surface area contributed by atoms with Crippen LogP contribution in [0.5, 0.6) is 0 Å². The molecule has 0 aromatic heterocycles. The van der Waals surface area contributed by atoms with Gasteiger partial charge in [0.1, 0.15) is 6.17 Å². The van der Waals surface area contributed by atoms with Crippen molar-refractivity contribution in [3.63, 3.8) is 0 Å². The van der Waals surface area contributed by atoms with Gasteiger partial charge in [0.25, 0.3) is 0 Å². The largest absolute Gasteiger partial charge is 0.314 e. The van der Waals surface area contributed by atoms with Crippen molar-refractivity contribution in [2.24, 2.45) is 5.92 Å². The minimum absolute atomic E-state index is 0. The van der Waals surface area contributed by atoms with Gasteiger partial charge in [-0.15, -0.1) is 24.8 Å². The molecule has 0 amide bonds. The second kappa shape index (κ2) is 7.70. The molecule has 2 saturated heterocycles. The Morgan fingerprint density at radius 3 is 2.62 bits per heavy atom. The van der Waals surface area contributed by atoms with Gasteiger partial charge in [0, 0.05) is 19.1 Å². The zero-order valence-electron chi connectivity index (χ0n) is 9.82. The number of piperidine rings is 2. The summed E-state index contributed by atoms with van der Waals surface area (Å²) in [5.74, 6) is 0.755. The predicted octanol–water partition coefficient (Wildman–Crippen LogP) is 2.26. The molecule has 2 aliphatic heterocycles. The molecule has 0 aromatic rings. The van der Waals surface area contributed by atoms with E-state index in [9.17, 15) is 4.39 Å². The van der Waals surface area contributed by atoms with E-state index in [1.54, 1.807) is 0 Å². The van der Waals surface area contributed by atoms with Crippen LogP contribution in [-0.2, 0) is 0 Å². The van der Waals surface area contributed by atoms with Gasteiger partial charge < -0.3 is 5.32 Å². The Balaban J connectivity index is 0.00000112. The number of hydrogen-bond donors (Lipinski definition) is 1. The second-order valence-corrected chi connectivity index (χ2v) is 4.82. The van der Waals surface area contributed by atoms with Gasteiger partial charge in [-0.05, 0) is 38.3 Å². The van der Waals surface area contributed by atoms with E-state index >= 15 is 0 Å². The molecule has 2 nitrogen and oxygen atoms in total. The fourth-order valence-electron chi connectivity index (χ4n) is 2.75. The molecule has 2 rings (SSSR count). The molecule has 1 N–H and O–H groups in total. The molecule has 0 radical (unpaired) electrons. The molecule has 2 fully saturated rings. The van der Waals surface area contributed by atoms with Gasteiger partial charge in [-0.1, -0.05) is 6.92 Å². The molecule has 0 spiro atoms. The molecule has 0 bridgehead atoms. The third kappa shape index (κ3) is 4.02. The van der Waals surface area contributed by atoms with E-state index in [-0.39, 0.29) is 30.9 Å². The van der Waals surface area contributed by atoms with Gasteiger partial charge in [-0.25, -0.2) is 4.39 Å². The third-order valence-electron chi connectivity index (χ3n) is 3.53. The van der Waals surface area contributed by atoms with Crippen LogP contribution in [0.25, 0.3) is 0 Å². The summed E-state index contributed by atoms with van der Waals surface area (Å²) in [6.45, 7) is 6.02. The first kappa shape index (κ1) is 16.4. The standard InChI is InChI=1S/C11H21FN2.2ClH/c1-9-3-2-6-14(8-9)11-4-5-13-7-10(11)12;;/h9-11,13H,2-8H2,1H3;2*1H/t9-,10?,11?;;/m1../s1. The zero-order valence-corrected chi connectivity index (χ0v) is 11.5. The Morgan fingerprint density at radius 2 is 2.00 bits per heavy atom. The van der Waals surface area contributed by atoms with Gasteiger partial charge >= 0.3 is 0 Å². The molecule has 3 atom stereocenters. The first-order valence-corrected chi connectivity index (χ1v) is 5.86. The van der Waals surface area contributed by atoms with Crippen molar-refractivity contribution < 1.29 is 4.39 Å². The highest BCUT2D eigenvalue weighted by Gasteiger charge is 2.31. The van der Waals surface area contributed by atoms with Crippen LogP contribution < -0.4 is 5.32 Å². The normalized spacial score (nSPS) is 36.0. The SMILES string of the molecule is C[C@@H]1CCCN(C2CCNCC2F)C1.Cl.Cl. The van der Waals surface area contributed by atoms with Crippen LogP contribution >= 0.6 is 24.8 Å². The molecular weight excluding hydrogens is 250 g/mol. The van der Waals surface area contributed by atoms with Crippen LogP contribution in [0.15, 0.2) is 0 Å². The number of nitrogens with one attached hydrogen (secondary N) is 1. The van der Waals surface area contributed by atoms with Crippen LogP contribution in [0, 0.1) is 5.92 Å². The van der Waals surface area contributed by atoms with Crippen molar-refractivity contribution in [3.8, 4) is 0 Å². The number of alkyl halides is 1. The summed E-state index contributed by atoms with van der Waals surface area (Å²) in [4.78, 5) is 2.37. The Labute approximate surface area is 110 Å². The molecular formula is C11H23Cl2FN2. The first-order chi connectivity index (χ1) is 6.77. The number of halogens is 3. The number of likely N-dealkylation sites (tertiary alicyclic amines) is 1. The Hall–Kier alpha value is 0.430. The van der Waals surface area contributed by atoms with Crippen LogP contribution in [0.3, 0.4) is 0 Å². The molecule has 16 heavy (non-hydrogen) atoms. The smallest absolute Gasteiger partial charge is 0.128 e. The van der Waals surface area contributed by atoms with Crippen LogP contribution in [0.4, 0.5) is 4.39 Å². The van der Waals surface area contributed by atoms with E-state index < -0.39 is 6.17 Å². The van der Waals surface area contributed by atoms with E-state index in [0.717, 1.165) is 32.0 Å². The van der Waals surface area contributed by atoms with Gasteiger partial charge in [0.2, 0.25) is 0 Å². The van der Waals surface area contributed by atoms with Gasteiger partial charge in [-0.3, -0.25) is 4.90 Å². The van der Waals surface area contributed by atoms with Gasteiger partial charge in [-0.2, -0.15) is 0 Å². The van der Waals surface area contributed by atoms with Crippen LogP contribution in [0.2, 0.25) is 0 Å². The average molecular weight is 273 g/mol. The molecule has 5 heteroatoms. The minimum atomic E-state index is -0.658. The highest BCUT2D eigenvalue weighted by molar-refractivity contribution is 5.85. The maximum absolute atomic E-state index is 13.7. The van der Waals surface area contributed by atoms with E-state index in [4.69, 9.17) is 0 Å². The molecule has 0 aromatic carbocycles. The lowest BCUT2D eigenvalue weighted by Gasteiger charge is -2.40. The predicted molar refractivity (Wildman–Crippen MR) is 70.6 cm³/mol. The fraction of sp³-hybridized carbons (Fsp3) is 1.00. The highest BCUT2D eigenvalue weighted by atomic mass is 35.5. The molecule has 2 aliphatic rings. The topological polar surface area (TPSA) is 15.3 Å². The first-order valence-electron chi connectivity index (χ1n) is 5.86. The lowest BCUT2D eigenvalue weighted by Crippen LogP contribution is -2.53. The van der Waals surface area contributed by atoms with Crippen molar-refractivity contribution in [2.75, 3.05) is 26.2 Å². The highest BCUT2D eigenvalue weighted by Crippen LogP contribution is 2.22. The number of hydrogen-bond acceptors (Lipinski definition) is 2. The van der Waals surface area contributed by atoms with Crippen molar-refractivity contribution in [1.29, 1.82) is 0 Å². The zero-order chi connectivity index (χ0) is 9.97. The summed E-state index contributed by atoms with van der Waals surface area (Å²) in [7, 11) is 0. The van der Waals surface area contributed by atoms with Crippen LogP contribution in [0.1, 0.15) is 26.2 Å². The summed E-state index contributed by atoms with van der Waals surface area (Å²) < 4.78 is 13.7. The van der Waals surface area contributed by atoms with Gasteiger partial charge in [0.15, 0.2) is 0 Å². The Bertz CT molecular complexity index is 195. The van der Waals surface area contributed by atoms with Crippen LogP contribution in [-0.4, -0.2) is 43.3 Å². The summed E-state index contributed by atoms with van der Waals surface area (Å²) >= 11 is 0. The number of nitrogens with zero attached hydrogens (tertiary/aromatic N) is 1. The average Bonchev–Trinajstić information content (AvgIpc) is 2.18. The van der Waals surface area contributed by atoms with E-state index in [2.05, 4.69) is 17.1 Å². The molecule has 2 heterocycles. The molecule has 2 unspecified atom stereocenters. The summed E-state index contributed by atoms with van der Waals surface area (Å²) in [6.07, 6.45) is 2.89. The van der Waals surface area contributed by atoms with Crippen molar-refractivity contribution in [3.05, 3.63) is 0 Å². The van der Waals surface area contributed by atoms with E-state index in [1.807, 2.05) is 0 Å². The summed E-state index contributed by atoms with van der Waals surface area (Å²) in [5, 5.41) is 3.11. The van der Waals surface area contributed by atoms with Crippen molar-refractivity contribution in [1.82, 2.24) is 10.2 Å². The monoisotopic (exact) mass is 272 g/mol. The maximum Gasteiger partial charge on any atom is 0.128 e. The quantitative estimate of drug-likeness (QED) is 0.788. The van der Waals surface area contributed by atoms with E-state index in [0.29, 0.717) is 6.54 Å². The molecule has 98 valence electrons. The lowest BCUT2D eigenvalue weighted by molar-refractivity contribution is 0.0533. The maximum atomic E-state index is 13.7. The summed E-state index contributed by atoms with van der Waals surface area (Å²) in [5.41, 5.74) is 0. The summed E-state index contributed by atoms with van der Waals surface area (Å²) in [6, 6.07) is 0.194. The second-order valence-electron chi connectivity index (χ2n) is 4.82. The number of rotatable bonds is 1. The Kier molecular flexibility index (Phi) is 7.90. The molecule has 0 saturated carbocycles.